The molecule has 156 valence electrons. The standard InChI is InChI=1S/C24H26N2O3S/c1-29-23-10-12-24(13-11-23)30(27,28)25-16-14-19-6-8-22(9-7-19)26-17-15-20-4-2-3-5-21(20)18-26/h2-13,25H,14-18H2,1H3. The minimum atomic E-state index is -3.52. The highest BCUT2D eigenvalue weighted by Crippen LogP contribution is 2.24. The lowest BCUT2D eigenvalue weighted by atomic mass is 9.99. The molecule has 0 saturated heterocycles. The van der Waals surface area contributed by atoms with Gasteiger partial charge in [0.1, 0.15) is 5.75 Å². The van der Waals surface area contributed by atoms with Crippen molar-refractivity contribution in [2.45, 2.75) is 24.3 Å². The minimum absolute atomic E-state index is 0.240. The quantitative estimate of drug-likeness (QED) is 0.630. The van der Waals surface area contributed by atoms with Gasteiger partial charge in [-0.3, -0.25) is 0 Å². The van der Waals surface area contributed by atoms with Crippen LogP contribution in [0.3, 0.4) is 0 Å². The van der Waals surface area contributed by atoms with Gasteiger partial charge in [0.15, 0.2) is 0 Å². The molecule has 1 N–H and O–H groups in total. The van der Waals surface area contributed by atoms with Crippen LogP contribution in [0.15, 0.2) is 77.7 Å². The van der Waals surface area contributed by atoms with E-state index in [1.807, 2.05) is 0 Å². The maximum atomic E-state index is 12.4. The van der Waals surface area contributed by atoms with Crippen molar-refractivity contribution in [2.24, 2.45) is 0 Å². The van der Waals surface area contributed by atoms with Crippen molar-refractivity contribution in [1.82, 2.24) is 4.72 Å². The third-order valence-corrected chi connectivity index (χ3v) is 6.98. The Morgan fingerprint density at radius 1 is 0.933 bits per heavy atom. The average Bonchev–Trinajstić information content (AvgIpc) is 2.79. The highest BCUT2D eigenvalue weighted by Gasteiger charge is 2.16. The van der Waals surface area contributed by atoms with E-state index in [1.54, 1.807) is 31.4 Å². The van der Waals surface area contributed by atoms with Crippen molar-refractivity contribution in [3.63, 3.8) is 0 Å². The molecule has 1 heterocycles. The van der Waals surface area contributed by atoms with E-state index in [0.29, 0.717) is 18.7 Å². The molecule has 30 heavy (non-hydrogen) atoms. The van der Waals surface area contributed by atoms with E-state index in [9.17, 15) is 8.42 Å². The summed E-state index contributed by atoms with van der Waals surface area (Å²) in [5.74, 6) is 0.631. The van der Waals surface area contributed by atoms with Crippen LogP contribution in [0, 0.1) is 0 Å². The van der Waals surface area contributed by atoms with E-state index in [-0.39, 0.29) is 4.90 Å². The van der Waals surface area contributed by atoms with Crippen LogP contribution < -0.4 is 14.4 Å². The van der Waals surface area contributed by atoms with Crippen LogP contribution in [-0.4, -0.2) is 28.6 Å². The van der Waals surface area contributed by atoms with E-state index in [2.05, 4.69) is 58.2 Å². The fourth-order valence-corrected chi connectivity index (χ4v) is 4.79. The zero-order chi connectivity index (χ0) is 21.0. The Labute approximate surface area is 178 Å². The Balaban J connectivity index is 1.33. The van der Waals surface area contributed by atoms with Gasteiger partial charge >= 0.3 is 0 Å². The van der Waals surface area contributed by atoms with Gasteiger partial charge in [-0.2, -0.15) is 0 Å². The summed E-state index contributed by atoms with van der Waals surface area (Å²) < 4.78 is 32.6. The minimum Gasteiger partial charge on any atom is -0.497 e. The fourth-order valence-electron chi connectivity index (χ4n) is 3.76. The van der Waals surface area contributed by atoms with E-state index in [0.717, 1.165) is 25.1 Å². The summed E-state index contributed by atoms with van der Waals surface area (Å²) in [6, 6.07) is 23.4. The lowest BCUT2D eigenvalue weighted by Gasteiger charge is -2.30. The molecule has 0 bridgehead atoms. The van der Waals surface area contributed by atoms with Crippen LogP contribution >= 0.6 is 0 Å². The van der Waals surface area contributed by atoms with Crippen LogP contribution in [0.5, 0.6) is 5.75 Å². The molecule has 0 aliphatic carbocycles. The molecule has 1 aliphatic rings. The number of methoxy groups -OCH3 is 1. The maximum Gasteiger partial charge on any atom is 0.240 e. The fraction of sp³-hybridized carbons (Fsp3) is 0.250. The SMILES string of the molecule is COc1ccc(S(=O)(=O)NCCc2ccc(N3CCc4ccccc4C3)cc2)cc1. The molecule has 0 fully saturated rings. The molecule has 3 aromatic rings. The van der Waals surface area contributed by atoms with E-state index >= 15 is 0 Å². The largest absolute Gasteiger partial charge is 0.497 e. The summed E-state index contributed by atoms with van der Waals surface area (Å²) in [5.41, 5.74) is 5.14. The Morgan fingerprint density at radius 3 is 2.33 bits per heavy atom. The monoisotopic (exact) mass is 422 g/mol. The number of hydrogen-bond acceptors (Lipinski definition) is 4. The highest BCUT2D eigenvalue weighted by molar-refractivity contribution is 7.89. The average molecular weight is 423 g/mol. The molecular weight excluding hydrogens is 396 g/mol. The number of nitrogens with one attached hydrogen (secondary N) is 1. The maximum absolute atomic E-state index is 12.4. The van der Waals surface area contributed by atoms with Gasteiger partial charge < -0.3 is 9.64 Å². The Hall–Kier alpha value is -2.83. The molecule has 3 aromatic carbocycles. The van der Waals surface area contributed by atoms with Gasteiger partial charge in [0.2, 0.25) is 10.0 Å². The molecule has 0 radical (unpaired) electrons. The van der Waals surface area contributed by atoms with Crippen molar-refractivity contribution in [2.75, 3.05) is 25.1 Å². The second-order valence-electron chi connectivity index (χ2n) is 7.43. The first-order valence-corrected chi connectivity index (χ1v) is 11.6. The van der Waals surface area contributed by atoms with Crippen molar-refractivity contribution in [1.29, 1.82) is 0 Å². The molecule has 6 heteroatoms. The van der Waals surface area contributed by atoms with E-state index in [4.69, 9.17) is 4.74 Å². The number of anilines is 1. The first-order chi connectivity index (χ1) is 14.5. The molecule has 0 atom stereocenters. The Kier molecular flexibility index (Phi) is 6.06. The summed E-state index contributed by atoms with van der Waals surface area (Å²) in [5, 5.41) is 0. The lowest BCUT2D eigenvalue weighted by molar-refractivity contribution is 0.414. The smallest absolute Gasteiger partial charge is 0.240 e. The molecule has 5 nitrogen and oxygen atoms in total. The van der Waals surface area contributed by atoms with Gasteiger partial charge in [0, 0.05) is 25.3 Å². The number of benzene rings is 3. The molecule has 1 aliphatic heterocycles. The number of fused-ring (bicyclic) bond motifs is 1. The van der Waals surface area contributed by atoms with Gasteiger partial charge in [0.25, 0.3) is 0 Å². The Bertz CT molecular complexity index is 1090. The van der Waals surface area contributed by atoms with Crippen LogP contribution in [0.4, 0.5) is 5.69 Å². The second kappa shape index (κ2) is 8.90. The van der Waals surface area contributed by atoms with Gasteiger partial charge in [0.05, 0.1) is 12.0 Å². The van der Waals surface area contributed by atoms with Crippen molar-refractivity contribution >= 4 is 15.7 Å². The predicted octanol–water partition coefficient (Wildman–Crippen LogP) is 3.78. The number of ether oxygens (including phenoxy) is 1. The summed E-state index contributed by atoms with van der Waals surface area (Å²) in [7, 11) is -1.97. The lowest BCUT2D eigenvalue weighted by Crippen LogP contribution is -2.30. The summed E-state index contributed by atoms with van der Waals surface area (Å²) in [6.45, 7) is 2.29. The molecule has 0 spiro atoms. The Morgan fingerprint density at radius 2 is 1.63 bits per heavy atom. The van der Waals surface area contributed by atoms with Gasteiger partial charge in [-0.25, -0.2) is 13.1 Å². The van der Waals surface area contributed by atoms with Crippen LogP contribution in [-0.2, 0) is 29.4 Å². The van der Waals surface area contributed by atoms with E-state index in [1.165, 1.54) is 16.8 Å². The second-order valence-corrected chi connectivity index (χ2v) is 9.20. The molecular formula is C24H26N2O3S. The number of sulfonamides is 1. The van der Waals surface area contributed by atoms with Crippen LogP contribution in [0.2, 0.25) is 0 Å². The zero-order valence-corrected chi connectivity index (χ0v) is 17.9. The molecule has 0 unspecified atom stereocenters. The molecule has 4 rings (SSSR count). The number of nitrogens with zero attached hydrogens (tertiary/aromatic N) is 1. The van der Waals surface area contributed by atoms with Gasteiger partial charge in [-0.1, -0.05) is 36.4 Å². The summed E-state index contributed by atoms with van der Waals surface area (Å²) in [6.07, 6.45) is 1.70. The van der Waals surface area contributed by atoms with E-state index < -0.39 is 10.0 Å². The van der Waals surface area contributed by atoms with Gasteiger partial charge in [-0.15, -0.1) is 0 Å². The third kappa shape index (κ3) is 4.66. The topological polar surface area (TPSA) is 58.6 Å². The normalized spacial score (nSPS) is 13.7. The summed E-state index contributed by atoms with van der Waals surface area (Å²) in [4.78, 5) is 2.63. The third-order valence-electron chi connectivity index (χ3n) is 5.51. The predicted molar refractivity (Wildman–Crippen MR) is 120 cm³/mol. The first-order valence-electron chi connectivity index (χ1n) is 10.1. The highest BCUT2D eigenvalue weighted by atomic mass is 32.2. The van der Waals surface area contributed by atoms with Crippen molar-refractivity contribution in [3.05, 3.63) is 89.5 Å². The first kappa shape index (κ1) is 20.4. The van der Waals surface area contributed by atoms with Crippen LogP contribution in [0.1, 0.15) is 16.7 Å². The summed E-state index contributed by atoms with van der Waals surface area (Å²) >= 11 is 0. The zero-order valence-electron chi connectivity index (χ0n) is 17.0. The molecule has 0 saturated carbocycles. The van der Waals surface area contributed by atoms with Crippen molar-refractivity contribution < 1.29 is 13.2 Å². The van der Waals surface area contributed by atoms with Crippen LogP contribution in [0.25, 0.3) is 0 Å². The molecule has 0 aromatic heterocycles. The molecule has 0 amide bonds. The van der Waals surface area contributed by atoms with Crippen molar-refractivity contribution in [3.8, 4) is 5.75 Å². The number of hydrogen-bond donors (Lipinski definition) is 1. The number of rotatable bonds is 7. The van der Waals surface area contributed by atoms with Gasteiger partial charge in [-0.05, 0) is 65.9 Å².